The molecule has 0 saturated heterocycles. The standard InChI is InChI=1S/C43H44N2/c1-32(37-18-12-20-39(30-37)40-21-13-19-38(31-40)35-16-8-4-9-17-35)24-29-43(33(2)44-41-22-10-5-11-23-41)45-42-27-25-36(26-28-42)34-14-6-3-7-15-34/h4-5,8-14,16-30,33,40,44-45H,3,6-7,15,31H2,1-2H3/b32-24+,43-29+/t33?,40-/m0/s1. The van der Waals surface area contributed by atoms with Gasteiger partial charge in [0.1, 0.15) is 0 Å². The molecule has 0 heterocycles. The quantitative estimate of drug-likeness (QED) is 0.180. The summed E-state index contributed by atoms with van der Waals surface area (Å²) in [5.41, 5.74) is 12.7. The van der Waals surface area contributed by atoms with Crippen molar-refractivity contribution in [3.8, 4) is 0 Å². The van der Waals surface area contributed by atoms with E-state index in [1.54, 1.807) is 0 Å². The number of hydrogen-bond donors (Lipinski definition) is 2. The highest BCUT2D eigenvalue weighted by Gasteiger charge is 2.16. The Kier molecular flexibility index (Phi) is 9.92. The highest BCUT2D eigenvalue weighted by molar-refractivity contribution is 5.71. The molecule has 226 valence electrons. The van der Waals surface area contributed by atoms with Gasteiger partial charge >= 0.3 is 0 Å². The maximum atomic E-state index is 3.74. The third-order valence-electron chi connectivity index (χ3n) is 8.97. The molecule has 0 bridgehead atoms. The number of allylic oxidation sites excluding steroid dienone is 9. The Bertz CT molecular complexity index is 1720. The largest absolute Gasteiger partial charge is 0.377 e. The van der Waals surface area contributed by atoms with Crippen molar-refractivity contribution in [1.82, 2.24) is 0 Å². The van der Waals surface area contributed by atoms with Gasteiger partial charge in [-0.1, -0.05) is 115 Å². The Morgan fingerprint density at radius 3 is 2.27 bits per heavy atom. The van der Waals surface area contributed by atoms with Crippen molar-refractivity contribution in [2.24, 2.45) is 0 Å². The van der Waals surface area contributed by atoms with E-state index in [-0.39, 0.29) is 6.04 Å². The highest BCUT2D eigenvalue weighted by Crippen LogP contribution is 2.34. The summed E-state index contributed by atoms with van der Waals surface area (Å²) in [6.07, 6.45) is 19.7. The van der Waals surface area contributed by atoms with E-state index in [1.807, 2.05) is 0 Å². The molecule has 2 heteroatoms. The zero-order valence-corrected chi connectivity index (χ0v) is 26.5. The van der Waals surface area contributed by atoms with Crippen LogP contribution in [-0.2, 0) is 0 Å². The molecule has 6 rings (SSSR count). The van der Waals surface area contributed by atoms with Crippen molar-refractivity contribution < 1.29 is 0 Å². The maximum Gasteiger partial charge on any atom is 0.0635 e. The summed E-state index contributed by atoms with van der Waals surface area (Å²) in [5, 5.41) is 7.42. The van der Waals surface area contributed by atoms with Crippen molar-refractivity contribution >= 4 is 28.1 Å². The molecule has 2 nitrogen and oxygen atoms in total. The average molecular weight is 589 g/mol. The fraction of sp³-hybridized carbons (Fsp3) is 0.209. The molecule has 0 radical (unpaired) electrons. The van der Waals surface area contributed by atoms with Gasteiger partial charge in [0.05, 0.1) is 6.04 Å². The first-order chi connectivity index (χ1) is 22.1. The van der Waals surface area contributed by atoms with Gasteiger partial charge in [-0.25, -0.2) is 0 Å². The Morgan fingerprint density at radius 1 is 0.756 bits per heavy atom. The monoisotopic (exact) mass is 588 g/mol. The second-order valence-corrected chi connectivity index (χ2v) is 12.3. The van der Waals surface area contributed by atoms with Crippen molar-refractivity contribution in [3.05, 3.63) is 174 Å². The number of hydrogen-bond acceptors (Lipinski definition) is 2. The molecule has 0 aromatic heterocycles. The van der Waals surface area contributed by atoms with Gasteiger partial charge in [-0.05, 0) is 115 Å². The highest BCUT2D eigenvalue weighted by atomic mass is 15.0. The van der Waals surface area contributed by atoms with E-state index in [0.717, 1.165) is 23.5 Å². The van der Waals surface area contributed by atoms with E-state index in [2.05, 4.69) is 170 Å². The van der Waals surface area contributed by atoms with Gasteiger partial charge in [0.2, 0.25) is 0 Å². The first kappa shape index (κ1) is 30.2. The van der Waals surface area contributed by atoms with E-state index in [0.29, 0.717) is 5.92 Å². The zero-order valence-electron chi connectivity index (χ0n) is 26.5. The van der Waals surface area contributed by atoms with Gasteiger partial charge in [0.15, 0.2) is 0 Å². The van der Waals surface area contributed by atoms with E-state index >= 15 is 0 Å². The molecule has 2 N–H and O–H groups in total. The third kappa shape index (κ3) is 8.02. The molecular weight excluding hydrogens is 544 g/mol. The summed E-state index contributed by atoms with van der Waals surface area (Å²) in [6.45, 7) is 4.42. The SMILES string of the molecule is C/C(=C\C=C(\Nc1ccc(C2=CCCCC2)cc1)C(C)Nc1ccccc1)c1cccc([C@H]2C=CC=C(c3ccccc3)C2)c1. The summed E-state index contributed by atoms with van der Waals surface area (Å²) in [4.78, 5) is 0. The molecule has 0 spiro atoms. The predicted octanol–water partition coefficient (Wildman–Crippen LogP) is 11.7. The van der Waals surface area contributed by atoms with Crippen LogP contribution in [0.4, 0.5) is 11.4 Å². The molecule has 1 unspecified atom stereocenters. The van der Waals surface area contributed by atoms with Crippen LogP contribution in [0.2, 0.25) is 0 Å². The van der Waals surface area contributed by atoms with Crippen LogP contribution < -0.4 is 10.6 Å². The number of para-hydroxylation sites is 1. The van der Waals surface area contributed by atoms with Crippen molar-refractivity contribution in [3.63, 3.8) is 0 Å². The molecule has 4 aromatic rings. The summed E-state index contributed by atoms with van der Waals surface area (Å²) < 4.78 is 0. The van der Waals surface area contributed by atoms with Crippen LogP contribution in [0.25, 0.3) is 16.7 Å². The Hall–Kier alpha value is -4.82. The molecule has 2 atom stereocenters. The Labute approximate surface area is 269 Å². The van der Waals surface area contributed by atoms with Crippen LogP contribution in [0.1, 0.15) is 74.1 Å². The van der Waals surface area contributed by atoms with Gasteiger partial charge in [-0.2, -0.15) is 0 Å². The van der Waals surface area contributed by atoms with E-state index < -0.39 is 0 Å². The average Bonchev–Trinajstić information content (AvgIpc) is 3.11. The molecule has 0 fully saturated rings. The first-order valence-electron chi connectivity index (χ1n) is 16.4. The Morgan fingerprint density at radius 2 is 1.51 bits per heavy atom. The number of anilines is 2. The normalized spacial score (nSPS) is 17.7. The van der Waals surface area contributed by atoms with Crippen LogP contribution in [0.3, 0.4) is 0 Å². The van der Waals surface area contributed by atoms with Crippen LogP contribution in [-0.4, -0.2) is 6.04 Å². The molecule has 0 amide bonds. The van der Waals surface area contributed by atoms with Crippen molar-refractivity contribution in [2.45, 2.75) is 57.9 Å². The summed E-state index contributed by atoms with van der Waals surface area (Å²) in [6, 6.07) is 39.2. The Balaban J connectivity index is 1.22. The lowest BCUT2D eigenvalue weighted by Gasteiger charge is -2.21. The molecule has 0 saturated carbocycles. The lowest BCUT2D eigenvalue weighted by Crippen LogP contribution is -2.22. The topological polar surface area (TPSA) is 24.1 Å². The van der Waals surface area contributed by atoms with E-state index in [9.17, 15) is 0 Å². The molecule has 4 aromatic carbocycles. The lowest BCUT2D eigenvalue weighted by atomic mass is 9.84. The number of rotatable bonds is 10. The molecule has 0 aliphatic heterocycles. The van der Waals surface area contributed by atoms with Gasteiger partial charge < -0.3 is 10.6 Å². The first-order valence-corrected chi connectivity index (χ1v) is 16.4. The van der Waals surface area contributed by atoms with Crippen LogP contribution in [0.5, 0.6) is 0 Å². The minimum absolute atomic E-state index is 0.0825. The van der Waals surface area contributed by atoms with Crippen molar-refractivity contribution in [1.29, 1.82) is 0 Å². The minimum atomic E-state index is 0.0825. The smallest absolute Gasteiger partial charge is 0.0635 e. The summed E-state index contributed by atoms with van der Waals surface area (Å²) >= 11 is 0. The van der Waals surface area contributed by atoms with Gasteiger partial charge in [0.25, 0.3) is 0 Å². The summed E-state index contributed by atoms with van der Waals surface area (Å²) in [5.74, 6) is 0.369. The van der Waals surface area contributed by atoms with Crippen LogP contribution in [0.15, 0.2) is 151 Å². The molecule has 2 aliphatic rings. The fourth-order valence-electron chi connectivity index (χ4n) is 6.29. The molecular formula is C43H44N2. The van der Waals surface area contributed by atoms with Crippen molar-refractivity contribution in [2.75, 3.05) is 10.6 Å². The van der Waals surface area contributed by atoms with Crippen LogP contribution in [0, 0.1) is 0 Å². The molecule has 2 aliphatic carbocycles. The van der Waals surface area contributed by atoms with Crippen LogP contribution >= 0.6 is 0 Å². The third-order valence-corrected chi connectivity index (χ3v) is 8.97. The van der Waals surface area contributed by atoms with Gasteiger partial charge in [0, 0.05) is 23.0 Å². The van der Waals surface area contributed by atoms with Gasteiger partial charge in [-0.3, -0.25) is 0 Å². The number of nitrogens with one attached hydrogen (secondary N) is 2. The van der Waals surface area contributed by atoms with Gasteiger partial charge in [-0.15, -0.1) is 0 Å². The molecule has 45 heavy (non-hydrogen) atoms. The fourth-order valence-corrected chi connectivity index (χ4v) is 6.29. The van der Waals surface area contributed by atoms with E-state index in [4.69, 9.17) is 0 Å². The predicted molar refractivity (Wildman–Crippen MR) is 195 cm³/mol. The zero-order chi connectivity index (χ0) is 30.8. The number of benzene rings is 4. The summed E-state index contributed by atoms with van der Waals surface area (Å²) in [7, 11) is 0. The maximum absolute atomic E-state index is 3.74. The second-order valence-electron chi connectivity index (χ2n) is 12.3. The minimum Gasteiger partial charge on any atom is -0.377 e. The second kappa shape index (κ2) is 14.8. The van der Waals surface area contributed by atoms with E-state index in [1.165, 1.54) is 64.7 Å². The lowest BCUT2D eigenvalue weighted by molar-refractivity contribution is 0.742.